The molecule has 20 heavy (non-hydrogen) atoms. The van der Waals surface area contributed by atoms with Crippen LogP contribution in [0.5, 0.6) is 5.75 Å². The van der Waals surface area contributed by atoms with Gasteiger partial charge in [0.25, 0.3) is 0 Å². The second kappa shape index (κ2) is 6.62. The van der Waals surface area contributed by atoms with Crippen LogP contribution >= 0.6 is 0 Å². The Labute approximate surface area is 124 Å². The van der Waals surface area contributed by atoms with Crippen LogP contribution in [0.15, 0.2) is 24.3 Å². The number of hydrogen-bond acceptors (Lipinski definition) is 2. The Morgan fingerprint density at radius 2 is 1.60 bits per heavy atom. The van der Waals surface area contributed by atoms with Crippen LogP contribution in [0.3, 0.4) is 0 Å². The van der Waals surface area contributed by atoms with Crippen molar-refractivity contribution in [3.05, 3.63) is 36.8 Å². The van der Waals surface area contributed by atoms with E-state index in [1.807, 2.05) is 19.1 Å². The van der Waals surface area contributed by atoms with Crippen LogP contribution < -0.4 is 4.74 Å². The van der Waals surface area contributed by atoms with Crippen molar-refractivity contribution in [1.29, 1.82) is 0 Å². The Bertz CT molecular complexity index is 398. The summed E-state index contributed by atoms with van der Waals surface area (Å²) in [6.45, 7) is 17.7. The number of ether oxygens (including phenoxy) is 2. The zero-order valence-electron chi connectivity index (χ0n) is 13.8. The Hall–Kier alpha value is -1.02. The van der Waals surface area contributed by atoms with Crippen molar-refractivity contribution in [1.82, 2.24) is 0 Å². The fourth-order valence-electron chi connectivity index (χ4n) is 2.78. The highest BCUT2D eigenvalue weighted by Gasteiger charge is 2.27. The third-order valence-electron chi connectivity index (χ3n) is 3.23. The molecule has 2 nitrogen and oxygen atoms in total. The molecule has 0 spiro atoms. The van der Waals surface area contributed by atoms with E-state index in [-0.39, 0.29) is 5.41 Å². The fraction of sp³-hybridized carbons (Fsp3) is 0.611. The van der Waals surface area contributed by atoms with Gasteiger partial charge in [-0.25, -0.2) is 0 Å². The molecule has 0 N–H and O–H groups in total. The van der Waals surface area contributed by atoms with Gasteiger partial charge in [0.05, 0.1) is 0 Å². The Morgan fingerprint density at radius 1 is 1.05 bits per heavy atom. The molecule has 113 valence electrons. The van der Waals surface area contributed by atoms with E-state index in [9.17, 15) is 0 Å². The average Bonchev–Trinajstić information content (AvgIpc) is 2.26. The first-order chi connectivity index (χ1) is 9.14. The molecule has 2 heteroatoms. The van der Waals surface area contributed by atoms with Crippen LogP contribution in [-0.2, 0) is 10.2 Å². The summed E-state index contributed by atoms with van der Waals surface area (Å²) in [6, 6.07) is 8.27. The van der Waals surface area contributed by atoms with Gasteiger partial charge in [-0.2, -0.15) is 0 Å². The SMILES string of the molecule is [CH2]C(OCC)Oc1ccc(C(C)(C)CC(C)(C)C)cc1. The second-order valence-electron chi connectivity index (χ2n) is 7.15. The molecule has 1 rings (SSSR count). The molecule has 0 saturated heterocycles. The van der Waals surface area contributed by atoms with Gasteiger partial charge in [-0.15, -0.1) is 0 Å². The third kappa shape index (κ3) is 5.54. The fourth-order valence-corrected chi connectivity index (χ4v) is 2.78. The second-order valence-corrected chi connectivity index (χ2v) is 7.15. The molecule has 0 aliphatic rings. The molecule has 1 atom stereocenters. The molecule has 0 fully saturated rings. The maximum atomic E-state index is 5.59. The van der Waals surface area contributed by atoms with E-state index in [0.29, 0.717) is 12.0 Å². The molecule has 0 aliphatic heterocycles. The molecule has 0 heterocycles. The maximum absolute atomic E-state index is 5.59. The summed E-state index contributed by atoms with van der Waals surface area (Å²) in [4.78, 5) is 0. The minimum Gasteiger partial charge on any atom is -0.465 e. The van der Waals surface area contributed by atoms with Gasteiger partial charge in [0.15, 0.2) is 6.29 Å². The van der Waals surface area contributed by atoms with Crippen molar-refractivity contribution >= 4 is 0 Å². The first kappa shape index (κ1) is 17.0. The molecule has 0 amide bonds. The lowest BCUT2D eigenvalue weighted by atomic mass is 9.72. The molecule has 0 aliphatic carbocycles. The summed E-state index contributed by atoms with van der Waals surface area (Å²) < 4.78 is 10.9. The standard InChI is InChI=1S/C18H29O2/c1-8-19-14(2)20-16-11-9-15(10-12-16)18(6,7)13-17(3,4)5/h9-12,14H,2,8,13H2,1,3-7H3. The van der Waals surface area contributed by atoms with Crippen molar-refractivity contribution in [2.75, 3.05) is 6.61 Å². The molecular weight excluding hydrogens is 248 g/mol. The van der Waals surface area contributed by atoms with Crippen LogP contribution in [0.2, 0.25) is 0 Å². The van der Waals surface area contributed by atoms with E-state index >= 15 is 0 Å². The van der Waals surface area contributed by atoms with Crippen molar-refractivity contribution in [2.45, 2.75) is 59.7 Å². The maximum Gasteiger partial charge on any atom is 0.200 e. The third-order valence-corrected chi connectivity index (χ3v) is 3.23. The van der Waals surface area contributed by atoms with Gasteiger partial charge in [-0.05, 0) is 41.9 Å². The first-order valence-corrected chi connectivity index (χ1v) is 7.36. The Balaban J connectivity index is 2.75. The van der Waals surface area contributed by atoms with Crippen molar-refractivity contribution in [3.8, 4) is 5.75 Å². The van der Waals surface area contributed by atoms with E-state index in [1.54, 1.807) is 0 Å². The molecule has 1 unspecified atom stereocenters. The van der Waals surface area contributed by atoms with Crippen LogP contribution in [0.25, 0.3) is 0 Å². The molecule has 1 radical (unpaired) electrons. The van der Waals surface area contributed by atoms with Gasteiger partial charge in [0, 0.05) is 13.5 Å². The molecular formula is C18H29O2. The van der Waals surface area contributed by atoms with Crippen LogP contribution in [0.1, 0.15) is 53.5 Å². The van der Waals surface area contributed by atoms with E-state index in [2.05, 4.69) is 53.7 Å². The largest absolute Gasteiger partial charge is 0.465 e. The van der Waals surface area contributed by atoms with Crippen molar-refractivity contribution in [3.63, 3.8) is 0 Å². The van der Waals surface area contributed by atoms with Crippen LogP contribution in [0.4, 0.5) is 0 Å². The highest BCUT2D eigenvalue weighted by atomic mass is 16.7. The lowest BCUT2D eigenvalue weighted by Gasteiger charge is -2.33. The first-order valence-electron chi connectivity index (χ1n) is 7.36. The summed E-state index contributed by atoms with van der Waals surface area (Å²) in [5.74, 6) is 0.800. The highest BCUT2D eigenvalue weighted by molar-refractivity contribution is 5.31. The smallest absolute Gasteiger partial charge is 0.200 e. The van der Waals surface area contributed by atoms with Crippen molar-refractivity contribution < 1.29 is 9.47 Å². The average molecular weight is 277 g/mol. The summed E-state index contributed by atoms with van der Waals surface area (Å²) in [7, 11) is 0. The van der Waals surface area contributed by atoms with Crippen LogP contribution in [0, 0.1) is 12.3 Å². The summed E-state index contributed by atoms with van der Waals surface area (Å²) >= 11 is 0. The molecule has 0 saturated carbocycles. The normalized spacial score (nSPS) is 14.2. The van der Waals surface area contributed by atoms with Gasteiger partial charge in [-0.1, -0.05) is 46.8 Å². The van der Waals surface area contributed by atoms with Gasteiger partial charge >= 0.3 is 0 Å². The predicted molar refractivity (Wildman–Crippen MR) is 84.9 cm³/mol. The number of benzene rings is 1. The molecule has 1 aromatic carbocycles. The lowest BCUT2D eigenvalue weighted by molar-refractivity contribution is -0.0424. The zero-order chi connectivity index (χ0) is 15.4. The summed E-state index contributed by atoms with van der Waals surface area (Å²) in [5.41, 5.74) is 1.80. The monoisotopic (exact) mass is 277 g/mol. The van der Waals surface area contributed by atoms with Crippen molar-refractivity contribution in [2.24, 2.45) is 5.41 Å². The van der Waals surface area contributed by atoms with Gasteiger partial charge in [0.1, 0.15) is 5.75 Å². The lowest BCUT2D eigenvalue weighted by Crippen LogP contribution is -2.24. The Kier molecular flexibility index (Phi) is 5.64. The summed E-state index contributed by atoms with van der Waals surface area (Å²) in [6.07, 6.45) is 0.685. The minimum absolute atomic E-state index is 0.153. The van der Waals surface area contributed by atoms with Gasteiger partial charge < -0.3 is 9.47 Å². The predicted octanol–water partition coefficient (Wildman–Crippen LogP) is 4.98. The number of hydrogen-bond donors (Lipinski definition) is 0. The highest BCUT2D eigenvalue weighted by Crippen LogP contribution is 2.36. The quantitative estimate of drug-likeness (QED) is 0.683. The topological polar surface area (TPSA) is 18.5 Å². The minimum atomic E-state index is -0.451. The summed E-state index contributed by atoms with van der Waals surface area (Å²) in [5, 5.41) is 0. The van der Waals surface area contributed by atoms with Crippen LogP contribution in [-0.4, -0.2) is 12.9 Å². The molecule has 0 bridgehead atoms. The van der Waals surface area contributed by atoms with E-state index in [0.717, 1.165) is 12.2 Å². The van der Waals surface area contributed by atoms with E-state index in [4.69, 9.17) is 9.47 Å². The Morgan fingerprint density at radius 3 is 2.05 bits per heavy atom. The molecule has 1 aromatic rings. The van der Waals surface area contributed by atoms with Gasteiger partial charge in [-0.3, -0.25) is 0 Å². The molecule has 0 aromatic heterocycles. The zero-order valence-corrected chi connectivity index (χ0v) is 13.8. The van der Waals surface area contributed by atoms with Gasteiger partial charge in [0.2, 0.25) is 0 Å². The van der Waals surface area contributed by atoms with E-state index < -0.39 is 6.29 Å². The number of rotatable bonds is 6. The van der Waals surface area contributed by atoms with E-state index in [1.165, 1.54) is 5.56 Å².